The van der Waals surface area contributed by atoms with Gasteiger partial charge in [0.15, 0.2) is 0 Å². The lowest BCUT2D eigenvalue weighted by Crippen LogP contribution is -2.30. The van der Waals surface area contributed by atoms with E-state index in [0.29, 0.717) is 12.3 Å². The van der Waals surface area contributed by atoms with Crippen LogP contribution in [0.2, 0.25) is 0 Å². The molecule has 1 fully saturated rings. The number of fused-ring (bicyclic) bond motifs is 1. The van der Waals surface area contributed by atoms with Crippen LogP contribution in [0, 0.1) is 5.92 Å². The van der Waals surface area contributed by atoms with Gasteiger partial charge in [-0.25, -0.2) is 0 Å². The molecule has 3 rings (SSSR count). The molecule has 3 heteroatoms. The molecule has 0 saturated carbocycles. The summed E-state index contributed by atoms with van der Waals surface area (Å²) in [6.07, 6.45) is 7.76. The molecule has 1 atom stereocenters. The number of amides is 1. The Morgan fingerprint density at radius 2 is 2.04 bits per heavy atom. The standard InChI is InChI=1S/C20H26N2O/c1-2-7-16-14-15-8-3-4-9-17(15)18(10-11-19(21)23)20(16)22-12-5-6-13-22/h2-4,8-9,16H,1,5-7,10-14H2,(H2,21,23). The van der Waals surface area contributed by atoms with Gasteiger partial charge in [0, 0.05) is 31.1 Å². The molecule has 1 saturated heterocycles. The Hall–Kier alpha value is -2.03. The SMILES string of the molecule is C=CCC1Cc2ccccc2C(CCC(N)=O)=C1N1CCCC1. The summed E-state index contributed by atoms with van der Waals surface area (Å²) < 4.78 is 0. The zero-order valence-electron chi connectivity index (χ0n) is 13.8. The summed E-state index contributed by atoms with van der Waals surface area (Å²) in [5.41, 5.74) is 10.9. The highest BCUT2D eigenvalue weighted by Crippen LogP contribution is 2.41. The summed E-state index contributed by atoms with van der Waals surface area (Å²) in [7, 11) is 0. The van der Waals surface area contributed by atoms with Gasteiger partial charge in [-0.15, -0.1) is 6.58 Å². The minimum Gasteiger partial charge on any atom is -0.374 e. The van der Waals surface area contributed by atoms with Gasteiger partial charge in [0.25, 0.3) is 0 Å². The molecule has 3 nitrogen and oxygen atoms in total. The molecule has 1 heterocycles. The average Bonchev–Trinajstić information content (AvgIpc) is 3.06. The smallest absolute Gasteiger partial charge is 0.217 e. The van der Waals surface area contributed by atoms with Gasteiger partial charge in [-0.05, 0) is 48.8 Å². The largest absolute Gasteiger partial charge is 0.374 e. The molecule has 1 aromatic carbocycles. The topological polar surface area (TPSA) is 46.3 Å². The number of nitrogens with two attached hydrogens (primary N) is 1. The molecule has 1 unspecified atom stereocenters. The Morgan fingerprint density at radius 1 is 1.30 bits per heavy atom. The number of benzene rings is 1. The van der Waals surface area contributed by atoms with Crippen molar-refractivity contribution in [2.75, 3.05) is 13.1 Å². The van der Waals surface area contributed by atoms with Crippen LogP contribution in [0.15, 0.2) is 42.6 Å². The van der Waals surface area contributed by atoms with Crippen LogP contribution in [-0.4, -0.2) is 23.9 Å². The number of hydrogen-bond donors (Lipinski definition) is 1. The van der Waals surface area contributed by atoms with Gasteiger partial charge >= 0.3 is 0 Å². The van der Waals surface area contributed by atoms with Crippen molar-refractivity contribution in [3.63, 3.8) is 0 Å². The maximum absolute atomic E-state index is 11.4. The van der Waals surface area contributed by atoms with Crippen LogP contribution in [0.1, 0.15) is 43.2 Å². The summed E-state index contributed by atoms with van der Waals surface area (Å²) >= 11 is 0. The second-order valence-electron chi connectivity index (χ2n) is 6.61. The van der Waals surface area contributed by atoms with Crippen molar-refractivity contribution >= 4 is 11.5 Å². The maximum Gasteiger partial charge on any atom is 0.217 e. The summed E-state index contributed by atoms with van der Waals surface area (Å²) in [6, 6.07) is 8.62. The molecule has 0 spiro atoms. The third-order valence-electron chi connectivity index (χ3n) is 5.02. The number of carbonyl (C=O) groups excluding carboxylic acids is 1. The first-order valence-electron chi connectivity index (χ1n) is 8.66. The Morgan fingerprint density at radius 3 is 2.74 bits per heavy atom. The highest BCUT2D eigenvalue weighted by molar-refractivity contribution is 5.79. The molecule has 2 N–H and O–H groups in total. The van der Waals surface area contributed by atoms with E-state index in [9.17, 15) is 4.79 Å². The van der Waals surface area contributed by atoms with E-state index in [0.717, 1.165) is 32.4 Å². The molecule has 1 amide bonds. The van der Waals surface area contributed by atoms with E-state index in [2.05, 4.69) is 35.7 Å². The Balaban J connectivity index is 2.07. The van der Waals surface area contributed by atoms with E-state index in [-0.39, 0.29) is 5.91 Å². The first-order chi connectivity index (χ1) is 11.2. The first kappa shape index (κ1) is 15.9. The Bertz CT molecular complexity index is 626. The van der Waals surface area contributed by atoms with Crippen molar-refractivity contribution < 1.29 is 4.79 Å². The van der Waals surface area contributed by atoms with Gasteiger partial charge in [0.2, 0.25) is 5.91 Å². The third kappa shape index (κ3) is 3.34. The molecule has 1 aliphatic heterocycles. The Labute approximate surface area is 138 Å². The fourth-order valence-corrected chi connectivity index (χ4v) is 4.05. The monoisotopic (exact) mass is 310 g/mol. The lowest BCUT2D eigenvalue weighted by atomic mass is 9.78. The van der Waals surface area contributed by atoms with Crippen LogP contribution < -0.4 is 5.73 Å². The average molecular weight is 310 g/mol. The van der Waals surface area contributed by atoms with Crippen LogP contribution in [0.5, 0.6) is 0 Å². The van der Waals surface area contributed by atoms with Crippen LogP contribution in [0.3, 0.4) is 0 Å². The highest BCUT2D eigenvalue weighted by Gasteiger charge is 2.30. The van der Waals surface area contributed by atoms with Crippen LogP contribution in [0.4, 0.5) is 0 Å². The molecule has 23 heavy (non-hydrogen) atoms. The number of primary amides is 1. The molecule has 0 aromatic heterocycles. The highest BCUT2D eigenvalue weighted by atomic mass is 16.1. The molecule has 0 radical (unpaired) electrons. The van der Waals surface area contributed by atoms with Crippen molar-refractivity contribution in [3.05, 3.63) is 53.7 Å². The molecular weight excluding hydrogens is 284 g/mol. The van der Waals surface area contributed by atoms with Crippen molar-refractivity contribution in [2.24, 2.45) is 11.7 Å². The zero-order valence-corrected chi connectivity index (χ0v) is 13.8. The lowest BCUT2D eigenvalue weighted by Gasteiger charge is -2.36. The number of allylic oxidation sites excluding steroid dienone is 3. The van der Waals surface area contributed by atoms with Crippen molar-refractivity contribution in [2.45, 2.75) is 38.5 Å². The second-order valence-corrected chi connectivity index (χ2v) is 6.61. The molecule has 1 aliphatic carbocycles. The van der Waals surface area contributed by atoms with E-state index in [1.54, 1.807) is 0 Å². The van der Waals surface area contributed by atoms with Gasteiger partial charge < -0.3 is 10.6 Å². The van der Waals surface area contributed by atoms with Crippen molar-refractivity contribution in [3.8, 4) is 0 Å². The van der Waals surface area contributed by atoms with E-state index < -0.39 is 0 Å². The summed E-state index contributed by atoms with van der Waals surface area (Å²) in [5.74, 6) is 0.255. The maximum atomic E-state index is 11.4. The van der Waals surface area contributed by atoms with Gasteiger partial charge in [-0.1, -0.05) is 30.3 Å². The van der Waals surface area contributed by atoms with E-state index in [1.807, 2.05) is 6.08 Å². The number of carbonyl (C=O) groups is 1. The number of hydrogen-bond acceptors (Lipinski definition) is 2. The molecule has 1 aromatic rings. The van der Waals surface area contributed by atoms with E-state index in [4.69, 9.17) is 5.73 Å². The second kappa shape index (κ2) is 7.03. The minimum absolute atomic E-state index is 0.221. The normalized spacial score (nSPS) is 20.5. The third-order valence-corrected chi connectivity index (χ3v) is 5.02. The Kier molecular flexibility index (Phi) is 4.85. The fraction of sp³-hybridized carbons (Fsp3) is 0.450. The van der Waals surface area contributed by atoms with Gasteiger partial charge in [-0.2, -0.15) is 0 Å². The van der Waals surface area contributed by atoms with Gasteiger partial charge in [0.05, 0.1) is 0 Å². The quantitative estimate of drug-likeness (QED) is 0.817. The van der Waals surface area contributed by atoms with Gasteiger partial charge in [-0.3, -0.25) is 4.79 Å². The minimum atomic E-state index is -0.221. The molecular formula is C20H26N2O. The van der Waals surface area contributed by atoms with Crippen molar-refractivity contribution in [1.82, 2.24) is 4.90 Å². The number of likely N-dealkylation sites (tertiary alicyclic amines) is 1. The predicted octanol–water partition coefficient (Wildman–Crippen LogP) is 3.51. The lowest BCUT2D eigenvalue weighted by molar-refractivity contribution is -0.117. The number of rotatable bonds is 6. The van der Waals surface area contributed by atoms with Crippen LogP contribution in [0.25, 0.3) is 5.57 Å². The predicted molar refractivity (Wildman–Crippen MR) is 94.6 cm³/mol. The molecule has 0 bridgehead atoms. The summed E-state index contributed by atoms with van der Waals surface area (Å²) in [5, 5.41) is 0. The van der Waals surface area contributed by atoms with Crippen LogP contribution >= 0.6 is 0 Å². The fourth-order valence-electron chi connectivity index (χ4n) is 4.05. The summed E-state index contributed by atoms with van der Waals surface area (Å²) in [6.45, 7) is 6.22. The van der Waals surface area contributed by atoms with Crippen LogP contribution in [-0.2, 0) is 11.2 Å². The summed E-state index contributed by atoms with van der Waals surface area (Å²) in [4.78, 5) is 13.9. The number of nitrogens with zero attached hydrogens (tertiary/aromatic N) is 1. The zero-order chi connectivity index (χ0) is 16.2. The van der Waals surface area contributed by atoms with E-state index >= 15 is 0 Å². The van der Waals surface area contributed by atoms with E-state index in [1.165, 1.54) is 35.2 Å². The molecule has 122 valence electrons. The molecule has 2 aliphatic rings. The van der Waals surface area contributed by atoms with Gasteiger partial charge in [0.1, 0.15) is 0 Å². The first-order valence-corrected chi connectivity index (χ1v) is 8.66. The van der Waals surface area contributed by atoms with Crippen molar-refractivity contribution in [1.29, 1.82) is 0 Å².